The zero-order valence-electron chi connectivity index (χ0n) is 12.2. The highest BCUT2D eigenvalue weighted by Crippen LogP contribution is 2.28. The quantitative estimate of drug-likeness (QED) is 0.725. The molecule has 114 valence electrons. The lowest BCUT2D eigenvalue weighted by Gasteiger charge is -2.29. The van der Waals surface area contributed by atoms with Gasteiger partial charge in [-0.25, -0.2) is 12.7 Å². The largest absolute Gasteiger partial charge is 0.315 e. The third-order valence-electron chi connectivity index (χ3n) is 3.83. The molecule has 0 atom stereocenters. The third-order valence-corrected chi connectivity index (χ3v) is 5.60. The Labute approximate surface area is 121 Å². The molecule has 1 fully saturated rings. The average Bonchev–Trinajstić information content (AvgIpc) is 2.83. The highest BCUT2D eigenvalue weighted by atomic mass is 32.2. The van der Waals surface area contributed by atoms with Crippen molar-refractivity contribution in [3.63, 3.8) is 0 Å². The van der Waals surface area contributed by atoms with Crippen LogP contribution in [0.25, 0.3) is 0 Å². The molecule has 0 saturated heterocycles. The van der Waals surface area contributed by atoms with Gasteiger partial charge in [0.2, 0.25) is 10.0 Å². The van der Waals surface area contributed by atoms with E-state index in [0.717, 1.165) is 25.9 Å². The van der Waals surface area contributed by atoms with Gasteiger partial charge in [-0.1, -0.05) is 13.3 Å². The lowest BCUT2D eigenvalue weighted by atomic mass is 9.86. The van der Waals surface area contributed by atoms with E-state index in [1.54, 1.807) is 17.9 Å². The number of nitrogens with one attached hydrogen (secondary N) is 1. The molecule has 1 aliphatic carbocycles. The van der Waals surface area contributed by atoms with Gasteiger partial charge in [0, 0.05) is 26.3 Å². The summed E-state index contributed by atoms with van der Waals surface area (Å²) in [6.07, 6.45) is 6.56. The third kappa shape index (κ3) is 3.59. The second-order valence-electron chi connectivity index (χ2n) is 5.38. The van der Waals surface area contributed by atoms with Crippen LogP contribution in [0.4, 0.5) is 0 Å². The molecule has 0 unspecified atom stereocenters. The van der Waals surface area contributed by atoms with Crippen LogP contribution >= 0.6 is 0 Å². The second kappa shape index (κ2) is 6.69. The highest BCUT2D eigenvalue weighted by molar-refractivity contribution is 7.89. The molecule has 1 heterocycles. The maximum Gasteiger partial charge on any atom is 0.245 e. The minimum Gasteiger partial charge on any atom is -0.315 e. The van der Waals surface area contributed by atoms with Gasteiger partial charge >= 0.3 is 0 Å². The number of likely N-dealkylation sites (N-methyl/N-ethyl adjacent to an activating group) is 1. The van der Waals surface area contributed by atoms with E-state index in [0.29, 0.717) is 19.0 Å². The van der Waals surface area contributed by atoms with Gasteiger partial charge in [-0.05, 0) is 25.3 Å². The van der Waals surface area contributed by atoms with E-state index in [-0.39, 0.29) is 4.90 Å². The predicted molar refractivity (Wildman–Crippen MR) is 77.9 cm³/mol. The molecule has 1 N–H and O–H groups in total. The van der Waals surface area contributed by atoms with E-state index >= 15 is 0 Å². The molecule has 0 aromatic carbocycles. The van der Waals surface area contributed by atoms with Crippen LogP contribution in [0, 0.1) is 5.92 Å². The number of hydrogen-bond donors (Lipinski definition) is 1. The summed E-state index contributed by atoms with van der Waals surface area (Å²) in [5.74, 6) is 0.526. The molecule has 6 nitrogen and oxygen atoms in total. The summed E-state index contributed by atoms with van der Waals surface area (Å²) in [5.41, 5.74) is 0. The number of nitrogens with zero attached hydrogens (tertiary/aromatic N) is 3. The van der Waals surface area contributed by atoms with E-state index in [2.05, 4.69) is 10.4 Å². The summed E-state index contributed by atoms with van der Waals surface area (Å²) in [6, 6.07) is 0. The standard InChI is InChI=1S/C13H24N4O2S/c1-3-14-7-8-17-11-13(9-15-17)20(18,19)16(2)10-12-5-4-6-12/h9,11-12,14H,3-8,10H2,1-2H3. The first kappa shape index (κ1) is 15.5. The summed E-state index contributed by atoms with van der Waals surface area (Å²) < 4.78 is 27.9. The van der Waals surface area contributed by atoms with E-state index in [1.807, 2.05) is 6.92 Å². The van der Waals surface area contributed by atoms with Gasteiger partial charge in [0.15, 0.2) is 0 Å². The fourth-order valence-electron chi connectivity index (χ4n) is 2.29. The Bertz CT molecular complexity index is 522. The maximum absolute atomic E-state index is 12.4. The first-order valence-corrected chi connectivity index (χ1v) is 8.67. The molecule has 1 saturated carbocycles. The predicted octanol–water partition coefficient (Wildman–Crippen LogP) is 0.913. The number of hydrogen-bond acceptors (Lipinski definition) is 4. The monoisotopic (exact) mass is 300 g/mol. The first-order valence-electron chi connectivity index (χ1n) is 7.23. The van der Waals surface area contributed by atoms with E-state index in [9.17, 15) is 8.42 Å². The summed E-state index contributed by atoms with van der Waals surface area (Å²) in [7, 11) is -1.73. The molecule has 0 amide bonds. The Balaban J connectivity index is 1.97. The fraction of sp³-hybridized carbons (Fsp3) is 0.769. The van der Waals surface area contributed by atoms with Crippen LogP contribution in [-0.4, -0.2) is 49.2 Å². The normalized spacial score (nSPS) is 16.6. The molecule has 0 radical (unpaired) electrons. The lowest BCUT2D eigenvalue weighted by molar-refractivity contribution is 0.263. The van der Waals surface area contributed by atoms with Crippen molar-refractivity contribution in [2.75, 3.05) is 26.7 Å². The SMILES string of the molecule is CCNCCn1cc(S(=O)(=O)N(C)CC2CCC2)cn1. The molecule has 0 spiro atoms. The van der Waals surface area contributed by atoms with E-state index in [1.165, 1.54) is 16.9 Å². The van der Waals surface area contributed by atoms with Crippen molar-refractivity contribution in [3.8, 4) is 0 Å². The van der Waals surface area contributed by atoms with Crippen LogP contribution in [0.1, 0.15) is 26.2 Å². The lowest BCUT2D eigenvalue weighted by Crippen LogP contribution is -2.34. The Hall–Kier alpha value is -0.920. The number of sulfonamides is 1. The minimum atomic E-state index is -3.39. The number of rotatable bonds is 8. The maximum atomic E-state index is 12.4. The van der Waals surface area contributed by atoms with Crippen molar-refractivity contribution in [2.24, 2.45) is 5.92 Å². The van der Waals surface area contributed by atoms with Crippen molar-refractivity contribution in [3.05, 3.63) is 12.4 Å². The Morgan fingerprint density at radius 1 is 1.50 bits per heavy atom. The van der Waals surface area contributed by atoms with Gasteiger partial charge < -0.3 is 5.32 Å². The van der Waals surface area contributed by atoms with Crippen molar-refractivity contribution in [2.45, 2.75) is 37.6 Å². The van der Waals surface area contributed by atoms with Gasteiger partial charge in [-0.2, -0.15) is 5.10 Å². The summed E-state index contributed by atoms with van der Waals surface area (Å²) in [5, 5.41) is 7.31. The van der Waals surface area contributed by atoms with Crippen LogP contribution in [0.2, 0.25) is 0 Å². The van der Waals surface area contributed by atoms with Gasteiger partial charge in [0.25, 0.3) is 0 Å². The van der Waals surface area contributed by atoms with Crippen LogP contribution in [0.3, 0.4) is 0 Å². The molecular formula is C13H24N4O2S. The van der Waals surface area contributed by atoms with Crippen molar-refractivity contribution >= 4 is 10.0 Å². The summed E-state index contributed by atoms with van der Waals surface area (Å²) >= 11 is 0. The van der Waals surface area contributed by atoms with Crippen LogP contribution in [-0.2, 0) is 16.6 Å². The van der Waals surface area contributed by atoms with E-state index in [4.69, 9.17) is 0 Å². The van der Waals surface area contributed by atoms with Gasteiger partial charge in [-0.15, -0.1) is 0 Å². The van der Waals surface area contributed by atoms with Crippen molar-refractivity contribution in [1.82, 2.24) is 19.4 Å². The number of aromatic nitrogens is 2. The molecule has 1 aromatic heterocycles. The molecule has 2 rings (SSSR count). The second-order valence-corrected chi connectivity index (χ2v) is 7.42. The Morgan fingerprint density at radius 2 is 2.25 bits per heavy atom. The van der Waals surface area contributed by atoms with Gasteiger partial charge in [-0.3, -0.25) is 4.68 Å². The van der Waals surface area contributed by atoms with Crippen LogP contribution in [0.5, 0.6) is 0 Å². The zero-order chi connectivity index (χ0) is 14.6. The van der Waals surface area contributed by atoms with Crippen LogP contribution < -0.4 is 5.32 Å². The van der Waals surface area contributed by atoms with Crippen molar-refractivity contribution in [1.29, 1.82) is 0 Å². The molecule has 0 aliphatic heterocycles. The van der Waals surface area contributed by atoms with Gasteiger partial charge in [0.1, 0.15) is 4.90 Å². The first-order chi connectivity index (χ1) is 9.54. The topological polar surface area (TPSA) is 67.2 Å². The summed E-state index contributed by atoms with van der Waals surface area (Å²) in [4.78, 5) is 0.288. The molecule has 20 heavy (non-hydrogen) atoms. The highest BCUT2D eigenvalue weighted by Gasteiger charge is 2.27. The molecule has 1 aliphatic rings. The van der Waals surface area contributed by atoms with Crippen LogP contribution in [0.15, 0.2) is 17.3 Å². The van der Waals surface area contributed by atoms with E-state index < -0.39 is 10.0 Å². The van der Waals surface area contributed by atoms with Gasteiger partial charge in [0.05, 0.1) is 12.7 Å². The Kier molecular flexibility index (Phi) is 5.17. The average molecular weight is 300 g/mol. The molecule has 7 heteroatoms. The Morgan fingerprint density at radius 3 is 2.85 bits per heavy atom. The molecule has 0 bridgehead atoms. The summed E-state index contributed by atoms with van der Waals surface area (Å²) in [6.45, 7) is 5.02. The molecular weight excluding hydrogens is 276 g/mol. The zero-order valence-corrected chi connectivity index (χ0v) is 13.1. The van der Waals surface area contributed by atoms with Crippen molar-refractivity contribution < 1.29 is 8.42 Å². The minimum absolute atomic E-state index is 0.288. The smallest absolute Gasteiger partial charge is 0.245 e. The fourth-order valence-corrected chi connectivity index (χ4v) is 3.49. The molecule has 1 aromatic rings.